The van der Waals surface area contributed by atoms with E-state index in [0.29, 0.717) is 11.4 Å². The number of anilines is 1. The molecule has 1 aromatic heterocycles. The molecule has 1 fully saturated rings. The number of rotatable bonds is 4. The number of nitrogens with zero attached hydrogens (tertiary/aromatic N) is 2. The quantitative estimate of drug-likeness (QED) is 0.941. The fourth-order valence-corrected chi connectivity index (χ4v) is 3.30. The van der Waals surface area contributed by atoms with Crippen LogP contribution in [0, 0.1) is 0 Å². The summed E-state index contributed by atoms with van der Waals surface area (Å²) in [5.41, 5.74) is 0.978. The van der Waals surface area contributed by atoms with Gasteiger partial charge in [0.15, 0.2) is 5.13 Å². The van der Waals surface area contributed by atoms with E-state index in [2.05, 4.69) is 15.2 Å². The first-order chi connectivity index (χ1) is 10.2. The molecule has 0 spiro atoms. The number of carbonyl (C=O) groups excluding carboxylic acids is 1. The molecule has 0 radical (unpaired) electrons. The van der Waals surface area contributed by atoms with Crippen molar-refractivity contribution in [3.8, 4) is 0 Å². The van der Waals surface area contributed by atoms with Crippen molar-refractivity contribution in [3.05, 3.63) is 46.4 Å². The van der Waals surface area contributed by atoms with Crippen LogP contribution in [0.1, 0.15) is 12.0 Å². The van der Waals surface area contributed by atoms with Gasteiger partial charge in [0, 0.05) is 35.7 Å². The zero-order valence-electron chi connectivity index (χ0n) is 11.5. The largest absolute Gasteiger partial charge is 0.351 e. The van der Waals surface area contributed by atoms with Gasteiger partial charge in [0.1, 0.15) is 0 Å². The lowest BCUT2D eigenvalue weighted by atomic mass is 10.1. The van der Waals surface area contributed by atoms with E-state index in [0.717, 1.165) is 30.2 Å². The van der Waals surface area contributed by atoms with Crippen LogP contribution in [0.4, 0.5) is 5.13 Å². The molecule has 1 saturated heterocycles. The third kappa shape index (κ3) is 3.74. The van der Waals surface area contributed by atoms with Gasteiger partial charge < -0.3 is 10.2 Å². The number of benzene rings is 1. The highest BCUT2D eigenvalue weighted by Gasteiger charge is 2.25. The number of thiazole rings is 1. The molecule has 6 heteroatoms. The Hall–Kier alpha value is -1.59. The molecule has 4 nitrogen and oxygen atoms in total. The molecular formula is C15H16ClN3OS. The first-order valence-electron chi connectivity index (χ1n) is 6.89. The molecular weight excluding hydrogens is 306 g/mol. The molecule has 3 rings (SSSR count). The van der Waals surface area contributed by atoms with Crippen molar-refractivity contribution >= 4 is 34.0 Å². The first kappa shape index (κ1) is 14.4. The van der Waals surface area contributed by atoms with Gasteiger partial charge in [0.25, 0.3) is 0 Å². The normalized spacial score (nSPS) is 18.0. The summed E-state index contributed by atoms with van der Waals surface area (Å²) in [6, 6.07) is 7.60. The Morgan fingerprint density at radius 3 is 2.95 bits per heavy atom. The van der Waals surface area contributed by atoms with Gasteiger partial charge in [-0.3, -0.25) is 4.79 Å². The summed E-state index contributed by atoms with van der Waals surface area (Å²) in [7, 11) is 0. The first-order valence-corrected chi connectivity index (χ1v) is 8.15. The lowest BCUT2D eigenvalue weighted by Gasteiger charge is -2.15. The van der Waals surface area contributed by atoms with E-state index in [4.69, 9.17) is 11.6 Å². The minimum Gasteiger partial charge on any atom is -0.351 e. The van der Waals surface area contributed by atoms with Gasteiger partial charge in [-0.2, -0.15) is 0 Å². The molecule has 1 aliphatic heterocycles. The maximum Gasteiger partial charge on any atom is 0.224 e. The van der Waals surface area contributed by atoms with Crippen LogP contribution in [-0.2, 0) is 11.2 Å². The monoisotopic (exact) mass is 321 g/mol. The molecule has 0 saturated carbocycles. The van der Waals surface area contributed by atoms with E-state index in [1.165, 1.54) is 0 Å². The summed E-state index contributed by atoms with van der Waals surface area (Å²) >= 11 is 7.47. The standard InChI is InChI=1S/C15H16ClN3OS/c16-12-3-1-11(2-4-12)9-14(20)18-13-5-7-19(10-13)15-17-6-8-21-15/h1-4,6,8,13H,5,7,9-10H2,(H,18,20). The van der Waals surface area contributed by atoms with E-state index in [9.17, 15) is 4.79 Å². The molecule has 2 aromatic rings. The number of nitrogens with one attached hydrogen (secondary N) is 1. The summed E-state index contributed by atoms with van der Waals surface area (Å²) in [5.74, 6) is 0.0586. The molecule has 110 valence electrons. The van der Waals surface area contributed by atoms with E-state index in [-0.39, 0.29) is 11.9 Å². The van der Waals surface area contributed by atoms with Crippen LogP contribution < -0.4 is 10.2 Å². The molecule has 1 atom stereocenters. The van der Waals surface area contributed by atoms with Crippen LogP contribution in [-0.4, -0.2) is 30.0 Å². The molecule has 21 heavy (non-hydrogen) atoms. The zero-order valence-corrected chi connectivity index (χ0v) is 13.0. The van der Waals surface area contributed by atoms with Gasteiger partial charge in [0.05, 0.1) is 6.42 Å². The van der Waals surface area contributed by atoms with E-state index in [1.54, 1.807) is 11.3 Å². The minimum atomic E-state index is 0.0586. The Balaban J connectivity index is 1.50. The van der Waals surface area contributed by atoms with Gasteiger partial charge >= 0.3 is 0 Å². The summed E-state index contributed by atoms with van der Waals surface area (Å²) in [4.78, 5) is 18.6. The van der Waals surface area contributed by atoms with Gasteiger partial charge in [-0.05, 0) is 24.1 Å². The molecule has 1 aliphatic rings. The van der Waals surface area contributed by atoms with Crippen molar-refractivity contribution in [2.45, 2.75) is 18.9 Å². The van der Waals surface area contributed by atoms with Crippen molar-refractivity contribution in [1.82, 2.24) is 10.3 Å². The fourth-order valence-electron chi connectivity index (χ4n) is 2.49. The minimum absolute atomic E-state index is 0.0586. The number of hydrogen-bond donors (Lipinski definition) is 1. The second-order valence-electron chi connectivity index (χ2n) is 5.12. The molecule has 1 aromatic carbocycles. The van der Waals surface area contributed by atoms with Crippen LogP contribution in [0.15, 0.2) is 35.8 Å². The third-order valence-electron chi connectivity index (χ3n) is 3.52. The molecule has 0 aliphatic carbocycles. The Morgan fingerprint density at radius 1 is 1.43 bits per heavy atom. The molecule has 1 unspecified atom stereocenters. The molecule has 1 N–H and O–H groups in total. The number of hydrogen-bond acceptors (Lipinski definition) is 4. The Bertz CT molecular complexity index is 600. The number of halogens is 1. The van der Waals surface area contributed by atoms with Crippen molar-refractivity contribution in [1.29, 1.82) is 0 Å². The van der Waals surface area contributed by atoms with Crippen molar-refractivity contribution < 1.29 is 4.79 Å². The molecule has 2 heterocycles. The van der Waals surface area contributed by atoms with Crippen molar-refractivity contribution in [2.75, 3.05) is 18.0 Å². The van der Waals surface area contributed by atoms with Crippen LogP contribution in [0.5, 0.6) is 0 Å². The molecule has 1 amide bonds. The number of amides is 1. The highest BCUT2D eigenvalue weighted by molar-refractivity contribution is 7.13. The van der Waals surface area contributed by atoms with Gasteiger partial charge in [-0.1, -0.05) is 23.7 Å². The maximum atomic E-state index is 12.1. The summed E-state index contributed by atoms with van der Waals surface area (Å²) in [6.45, 7) is 1.78. The second kappa shape index (κ2) is 6.45. The Morgan fingerprint density at radius 2 is 2.24 bits per heavy atom. The number of carbonyl (C=O) groups is 1. The van der Waals surface area contributed by atoms with E-state index >= 15 is 0 Å². The van der Waals surface area contributed by atoms with E-state index < -0.39 is 0 Å². The topological polar surface area (TPSA) is 45.2 Å². The zero-order chi connectivity index (χ0) is 14.7. The number of aromatic nitrogens is 1. The fraction of sp³-hybridized carbons (Fsp3) is 0.333. The average Bonchev–Trinajstić information content (AvgIpc) is 3.12. The predicted octanol–water partition coefficient (Wildman–Crippen LogP) is 2.73. The lowest BCUT2D eigenvalue weighted by molar-refractivity contribution is -0.121. The summed E-state index contributed by atoms with van der Waals surface area (Å²) < 4.78 is 0. The third-order valence-corrected chi connectivity index (χ3v) is 4.61. The van der Waals surface area contributed by atoms with Crippen LogP contribution in [0.25, 0.3) is 0 Å². The van der Waals surface area contributed by atoms with Crippen molar-refractivity contribution in [2.24, 2.45) is 0 Å². The van der Waals surface area contributed by atoms with Crippen molar-refractivity contribution in [3.63, 3.8) is 0 Å². The van der Waals surface area contributed by atoms with Gasteiger partial charge in [0.2, 0.25) is 5.91 Å². The van der Waals surface area contributed by atoms with Crippen LogP contribution >= 0.6 is 22.9 Å². The highest BCUT2D eigenvalue weighted by Crippen LogP contribution is 2.22. The van der Waals surface area contributed by atoms with Crippen LogP contribution in [0.2, 0.25) is 5.02 Å². The second-order valence-corrected chi connectivity index (χ2v) is 6.43. The summed E-state index contributed by atoms with van der Waals surface area (Å²) in [6.07, 6.45) is 3.17. The predicted molar refractivity (Wildman–Crippen MR) is 86.0 cm³/mol. The maximum absolute atomic E-state index is 12.1. The van der Waals surface area contributed by atoms with Gasteiger partial charge in [-0.15, -0.1) is 11.3 Å². The lowest BCUT2D eigenvalue weighted by Crippen LogP contribution is -2.37. The Labute approximate surface area is 132 Å². The van der Waals surface area contributed by atoms with Gasteiger partial charge in [-0.25, -0.2) is 4.98 Å². The van der Waals surface area contributed by atoms with Crippen LogP contribution in [0.3, 0.4) is 0 Å². The smallest absolute Gasteiger partial charge is 0.224 e. The molecule has 0 bridgehead atoms. The highest BCUT2D eigenvalue weighted by atomic mass is 35.5. The Kier molecular flexibility index (Phi) is 4.41. The van der Waals surface area contributed by atoms with E-state index in [1.807, 2.05) is 35.8 Å². The average molecular weight is 322 g/mol. The SMILES string of the molecule is O=C(Cc1ccc(Cl)cc1)NC1CCN(c2nccs2)C1. The summed E-state index contributed by atoms with van der Waals surface area (Å²) in [5, 5.41) is 6.79.